The minimum Gasteiger partial charge on any atom is -0.381 e. The molecule has 0 atom stereocenters. The van der Waals surface area contributed by atoms with Crippen LogP contribution in [0.15, 0.2) is 66.7 Å². The number of nitrogens with one attached hydrogen (secondary N) is 2. The number of nitrogens with two attached hydrogens (primary N) is 1. The van der Waals surface area contributed by atoms with E-state index in [9.17, 15) is 8.42 Å². The zero-order valence-electron chi connectivity index (χ0n) is 21.7. The first-order chi connectivity index (χ1) is 18.9. The van der Waals surface area contributed by atoms with Crippen LogP contribution in [0.25, 0.3) is 22.4 Å². The Kier molecular flexibility index (Phi) is 6.81. The largest absolute Gasteiger partial charge is 0.381 e. The highest BCUT2D eigenvalue weighted by atomic mass is 32.2. The summed E-state index contributed by atoms with van der Waals surface area (Å²) in [4.78, 5) is 5.01. The summed E-state index contributed by atoms with van der Waals surface area (Å²) in [6, 6.07) is 22.2. The van der Waals surface area contributed by atoms with Gasteiger partial charge in [0.05, 0.1) is 5.52 Å². The summed E-state index contributed by atoms with van der Waals surface area (Å²) < 4.78 is 35.1. The summed E-state index contributed by atoms with van der Waals surface area (Å²) in [6.07, 6.45) is 1.90. The molecular weight excluding hydrogens is 514 g/mol. The second-order valence-corrected chi connectivity index (χ2v) is 11.3. The minimum atomic E-state index is -3.82. The fourth-order valence-electron chi connectivity index (χ4n) is 5.34. The summed E-state index contributed by atoms with van der Waals surface area (Å²) in [5.41, 5.74) is 5.85. The van der Waals surface area contributed by atoms with Crippen LogP contribution in [0.4, 0.5) is 5.82 Å². The van der Waals surface area contributed by atoms with Crippen molar-refractivity contribution in [3.63, 3.8) is 0 Å². The van der Waals surface area contributed by atoms with E-state index in [-0.39, 0.29) is 6.54 Å². The van der Waals surface area contributed by atoms with E-state index in [2.05, 4.69) is 34.3 Å². The molecule has 1 aliphatic rings. The molecule has 0 saturated carbocycles. The van der Waals surface area contributed by atoms with Crippen molar-refractivity contribution < 1.29 is 13.2 Å². The van der Waals surface area contributed by atoms with E-state index in [4.69, 9.17) is 20.0 Å². The van der Waals surface area contributed by atoms with Gasteiger partial charge in [-0.15, -0.1) is 5.10 Å². The normalized spacial score (nSPS) is 14.8. The van der Waals surface area contributed by atoms with Crippen molar-refractivity contribution in [1.82, 2.24) is 23.9 Å². The summed E-state index contributed by atoms with van der Waals surface area (Å²) in [7, 11) is -3.82. The Hall–Kier alpha value is -3.77. The molecule has 0 amide bonds. The van der Waals surface area contributed by atoms with Crippen molar-refractivity contribution >= 4 is 32.4 Å². The fraction of sp³-hybridized carbons (Fsp3) is 0.286. The predicted molar refractivity (Wildman–Crippen MR) is 151 cm³/mol. The summed E-state index contributed by atoms with van der Waals surface area (Å²) in [5, 5.41) is 14.7. The molecule has 1 saturated heterocycles. The number of aryl methyl sites for hydroxylation is 1. The smallest absolute Gasteiger partial charge is 0.274 e. The average Bonchev–Trinajstić information content (AvgIpc) is 3.52. The number of ether oxygens (including phenoxy) is 1. The van der Waals surface area contributed by atoms with E-state index in [1.54, 1.807) is 0 Å². The highest BCUT2D eigenvalue weighted by Crippen LogP contribution is 2.31. The van der Waals surface area contributed by atoms with Crippen LogP contribution < -0.4 is 15.2 Å². The van der Waals surface area contributed by atoms with Gasteiger partial charge in [0.15, 0.2) is 5.82 Å². The van der Waals surface area contributed by atoms with Crippen LogP contribution in [0.5, 0.6) is 0 Å². The third kappa shape index (κ3) is 5.26. The number of hydrogen-bond donors (Lipinski definition) is 3. The third-order valence-corrected chi connectivity index (χ3v) is 7.80. The van der Waals surface area contributed by atoms with Gasteiger partial charge in [-0.2, -0.15) is 18.1 Å². The number of rotatable bonds is 8. The van der Waals surface area contributed by atoms with E-state index in [0.717, 1.165) is 70.8 Å². The summed E-state index contributed by atoms with van der Waals surface area (Å²) >= 11 is 0. The van der Waals surface area contributed by atoms with Crippen molar-refractivity contribution in [3.05, 3.63) is 89.2 Å². The maximum atomic E-state index is 11.5. The van der Waals surface area contributed by atoms with Crippen LogP contribution in [0.2, 0.25) is 0 Å². The fourth-order valence-corrected chi connectivity index (χ4v) is 5.69. The predicted octanol–water partition coefficient (Wildman–Crippen LogP) is 3.78. The maximum absolute atomic E-state index is 11.5. The van der Waals surface area contributed by atoms with Crippen LogP contribution in [0.3, 0.4) is 0 Å². The molecule has 39 heavy (non-hydrogen) atoms. The van der Waals surface area contributed by atoms with Crippen molar-refractivity contribution in [3.8, 4) is 5.95 Å². The Morgan fingerprint density at radius 1 is 1.00 bits per heavy atom. The first-order valence-corrected chi connectivity index (χ1v) is 14.5. The van der Waals surface area contributed by atoms with Gasteiger partial charge in [-0.25, -0.2) is 9.65 Å². The SMILES string of the molecule is Cc1cc2c(CNS(N)(=O)=O)cccc2n1-c1nc(NCc2ccccc2)c2ccc(C3CCOCC3)n2n1. The number of fused-ring (bicyclic) bond motifs is 2. The number of hydrogen-bond acceptors (Lipinski definition) is 6. The summed E-state index contributed by atoms with van der Waals surface area (Å²) in [6.45, 7) is 4.20. The number of nitrogens with zero attached hydrogens (tertiary/aromatic N) is 4. The molecule has 1 fully saturated rings. The van der Waals surface area contributed by atoms with Gasteiger partial charge in [0.25, 0.3) is 16.2 Å². The lowest BCUT2D eigenvalue weighted by atomic mass is 9.97. The van der Waals surface area contributed by atoms with Gasteiger partial charge in [0.2, 0.25) is 0 Å². The van der Waals surface area contributed by atoms with Gasteiger partial charge in [-0.05, 0) is 55.2 Å². The van der Waals surface area contributed by atoms with Crippen LogP contribution in [-0.2, 0) is 28.0 Å². The Morgan fingerprint density at radius 2 is 1.79 bits per heavy atom. The van der Waals surface area contributed by atoms with Crippen molar-refractivity contribution in [1.29, 1.82) is 0 Å². The molecule has 202 valence electrons. The van der Waals surface area contributed by atoms with Crippen molar-refractivity contribution in [2.45, 2.75) is 38.8 Å². The molecule has 0 unspecified atom stereocenters. The number of anilines is 1. The number of benzene rings is 2. The van der Waals surface area contributed by atoms with Gasteiger partial charge in [0, 0.05) is 49.0 Å². The highest BCUT2D eigenvalue weighted by Gasteiger charge is 2.23. The molecule has 0 aliphatic carbocycles. The molecule has 0 radical (unpaired) electrons. The van der Waals surface area contributed by atoms with E-state index in [0.29, 0.717) is 18.4 Å². The van der Waals surface area contributed by atoms with Crippen molar-refractivity contribution in [2.24, 2.45) is 5.14 Å². The Bertz CT molecular complexity index is 1740. The van der Waals surface area contributed by atoms with Crippen LogP contribution in [0, 0.1) is 6.92 Å². The second-order valence-electron chi connectivity index (χ2n) is 9.88. The molecule has 10 nitrogen and oxygen atoms in total. The molecule has 6 rings (SSSR count). The highest BCUT2D eigenvalue weighted by molar-refractivity contribution is 7.87. The Morgan fingerprint density at radius 3 is 2.56 bits per heavy atom. The Labute approximate surface area is 227 Å². The maximum Gasteiger partial charge on any atom is 0.274 e. The lowest BCUT2D eigenvalue weighted by molar-refractivity contribution is 0.0841. The first-order valence-electron chi connectivity index (χ1n) is 13.0. The van der Waals surface area contributed by atoms with Gasteiger partial charge in [0.1, 0.15) is 5.52 Å². The number of aromatic nitrogens is 4. The molecule has 11 heteroatoms. The lowest BCUT2D eigenvalue weighted by Gasteiger charge is -2.22. The van der Waals surface area contributed by atoms with Crippen LogP contribution >= 0.6 is 0 Å². The molecule has 0 bridgehead atoms. The second kappa shape index (κ2) is 10.4. The molecule has 0 spiro atoms. The van der Waals surface area contributed by atoms with Gasteiger partial charge >= 0.3 is 0 Å². The standard InChI is InChI=1S/C28H31N7O3S/c1-19-16-23-22(18-31-39(29,36)37)8-5-9-25(23)34(19)28-32-27(30-17-20-6-3-2-4-7-20)26-11-10-24(35(26)33-28)21-12-14-38-15-13-21/h2-11,16,21,31H,12-15,17-18H2,1H3,(H2,29,36,37)(H,30,32,33). The van der Waals surface area contributed by atoms with E-state index < -0.39 is 10.2 Å². The third-order valence-electron chi connectivity index (χ3n) is 7.25. The van der Waals surface area contributed by atoms with Gasteiger partial charge in [-0.1, -0.05) is 42.5 Å². The molecule has 2 aromatic carbocycles. The molecular formula is C28H31N7O3S. The van der Waals surface area contributed by atoms with E-state index in [1.807, 2.05) is 58.5 Å². The molecule has 5 aromatic rings. The molecule has 1 aliphatic heterocycles. The Balaban J connectivity index is 1.47. The van der Waals surface area contributed by atoms with Gasteiger partial charge < -0.3 is 10.1 Å². The quantitative estimate of drug-likeness (QED) is 0.272. The lowest BCUT2D eigenvalue weighted by Crippen LogP contribution is -2.30. The zero-order valence-corrected chi connectivity index (χ0v) is 22.5. The summed E-state index contributed by atoms with van der Waals surface area (Å²) in [5.74, 6) is 1.63. The topological polar surface area (TPSA) is 129 Å². The van der Waals surface area contributed by atoms with Gasteiger partial charge in [-0.3, -0.25) is 4.57 Å². The molecule has 3 aromatic heterocycles. The molecule has 4 heterocycles. The minimum absolute atomic E-state index is 0.0922. The average molecular weight is 546 g/mol. The zero-order chi connectivity index (χ0) is 27.0. The monoisotopic (exact) mass is 545 g/mol. The van der Waals surface area contributed by atoms with E-state index in [1.165, 1.54) is 0 Å². The first kappa shape index (κ1) is 25.5. The molecule has 4 N–H and O–H groups in total. The van der Waals surface area contributed by atoms with E-state index >= 15 is 0 Å². The van der Waals surface area contributed by atoms with Crippen molar-refractivity contribution in [2.75, 3.05) is 18.5 Å². The van der Waals surface area contributed by atoms with Crippen LogP contribution in [-0.4, -0.2) is 40.8 Å². The van der Waals surface area contributed by atoms with Crippen LogP contribution in [0.1, 0.15) is 41.3 Å².